The largest absolute Gasteiger partial charge is 0.326 e. The summed E-state index contributed by atoms with van der Waals surface area (Å²) < 4.78 is 54.6. The number of hydrogen-bond donors (Lipinski definition) is 2. The minimum absolute atomic E-state index is 0.00111. The van der Waals surface area contributed by atoms with Crippen LogP contribution in [0.2, 0.25) is 10.0 Å². The molecule has 1 heterocycles. The van der Waals surface area contributed by atoms with Gasteiger partial charge in [0.15, 0.2) is 0 Å². The third kappa shape index (κ3) is 6.37. The molecule has 33 heavy (non-hydrogen) atoms. The third-order valence-corrected chi connectivity index (χ3v) is 8.93. The van der Waals surface area contributed by atoms with Gasteiger partial charge in [0.1, 0.15) is 0 Å². The topological polar surface area (TPSA) is 116 Å². The Morgan fingerprint density at radius 2 is 1.48 bits per heavy atom. The zero-order valence-electron chi connectivity index (χ0n) is 18.0. The second-order valence-electron chi connectivity index (χ2n) is 7.74. The smallest absolute Gasteiger partial charge is 0.281 e. The van der Waals surface area contributed by atoms with Gasteiger partial charge in [-0.15, -0.1) is 0 Å². The van der Waals surface area contributed by atoms with Gasteiger partial charge in [0, 0.05) is 48.8 Å². The molecule has 0 atom stereocenters. The van der Waals surface area contributed by atoms with Crippen molar-refractivity contribution in [1.29, 1.82) is 0 Å². The average molecular weight is 535 g/mol. The van der Waals surface area contributed by atoms with Crippen LogP contribution in [-0.2, 0) is 25.0 Å². The lowest BCUT2D eigenvalue weighted by atomic mass is 9.97. The number of piperidine rings is 1. The van der Waals surface area contributed by atoms with Crippen LogP contribution in [0, 0.1) is 5.92 Å². The molecule has 3 rings (SSSR count). The second kappa shape index (κ2) is 10.2. The number of halogens is 2. The zero-order chi connectivity index (χ0) is 24.4. The fourth-order valence-corrected chi connectivity index (χ4v) is 6.07. The minimum Gasteiger partial charge on any atom is -0.326 e. The van der Waals surface area contributed by atoms with Gasteiger partial charge in [-0.2, -0.15) is 17.0 Å². The molecule has 0 unspecified atom stereocenters. The Hall–Kier alpha value is -1.89. The van der Waals surface area contributed by atoms with Crippen LogP contribution < -0.4 is 10.0 Å². The first-order chi connectivity index (χ1) is 15.4. The summed E-state index contributed by atoms with van der Waals surface area (Å²) in [5.41, 5.74) is 0.667. The normalized spacial score (nSPS) is 16.0. The number of hydrogen-bond acceptors (Lipinski definition) is 5. The molecule has 13 heteroatoms. The number of anilines is 2. The van der Waals surface area contributed by atoms with Crippen LogP contribution in [0.25, 0.3) is 0 Å². The van der Waals surface area contributed by atoms with E-state index in [4.69, 9.17) is 23.2 Å². The van der Waals surface area contributed by atoms with Crippen molar-refractivity contribution in [3.8, 4) is 0 Å². The maximum atomic E-state index is 12.6. The second-order valence-corrected chi connectivity index (χ2v) is 12.4. The fourth-order valence-electron chi connectivity index (χ4n) is 3.37. The summed E-state index contributed by atoms with van der Waals surface area (Å²) in [6.07, 6.45) is 0.801. The van der Waals surface area contributed by atoms with Crippen LogP contribution in [-0.4, -0.2) is 58.5 Å². The summed E-state index contributed by atoms with van der Waals surface area (Å²) in [6, 6.07) is 10.1. The molecule has 9 nitrogen and oxygen atoms in total. The van der Waals surface area contributed by atoms with Crippen LogP contribution in [0.3, 0.4) is 0 Å². The van der Waals surface area contributed by atoms with Crippen LogP contribution in [0.15, 0.2) is 47.4 Å². The summed E-state index contributed by atoms with van der Waals surface area (Å²) >= 11 is 11.8. The number of benzene rings is 2. The van der Waals surface area contributed by atoms with Crippen LogP contribution >= 0.6 is 23.2 Å². The van der Waals surface area contributed by atoms with E-state index in [1.807, 2.05) is 0 Å². The highest BCUT2D eigenvalue weighted by Crippen LogP contribution is 2.26. The fraction of sp³-hybridized carbons (Fsp3) is 0.350. The van der Waals surface area contributed by atoms with Crippen molar-refractivity contribution in [2.75, 3.05) is 37.2 Å². The van der Waals surface area contributed by atoms with E-state index in [1.165, 1.54) is 60.9 Å². The molecule has 0 saturated carbocycles. The van der Waals surface area contributed by atoms with Gasteiger partial charge in [0.2, 0.25) is 5.91 Å². The molecule has 2 N–H and O–H groups in total. The van der Waals surface area contributed by atoms with Gasteiger partial charge in [-0.3, -0.25) is 9.52 Å². The Labute approximate surface area is 203 Å². The summed E-state index contributed by atoms with van der Waals surface area (Å²) in [7, 11) is -4.44. The van der Waals surface area contributed by atoms with Crippen molar-refractivity contribution in [2.45, 2.75) is 17.7 Å². The van der Waals surface area contributed by atoms with Gasteiger partial charge >= 0.3 is 0 Å². The molecular formula is C20H24Cl2N4O5S2. The Balaban J connectivity index is 1.61. The van der Waals surface area contributed by atoms with Gasteiger partial charge < -0.3 is 5.32 Å². The molecule has 180 valence electrons. The van der Waals surface area contributed by atoms with Crippen molar-refractivity contribution in [3.05, 3.63) is 52.5 Å². The van der Waals surface area contributed by atoms with Crippen molar-refractivity contribution in [2.24, 2.45) is 5.92 Å². The van der Waals surface area contributed by atoms with Crippen LogP contribution in [0.4, 0.5) is 11.4 Å². The maximum absolute atomic E-state index is 12.6. The lowest BCUT2D eigenvalue weighted by Gasteiger charge is -2.32. The number of amides is 1. The van der Waals surface area contributed by atoms with Gasteiger partial charge in [-0.25, -0.2) is 8.42 Å². The molecule has 0 bridgehead atoms. The summed E-state index contributed by atoms with van der Waals surface area (Å²) in [6.45, 7) is 0.518. The molecule has 2 aromatic carbocycles. The minimum atomic E-state index is -3.89. The maximum Gasteiger partial charge on any atom is 0.281 e. The summed E-state index contributed by atoms with van der Waals surface area (Å²) in [4.78, 5) is 12.6. The first-order valence-corrected chi connectivity index (χ1v) is 13.6. The molecule has 0 aromatic heterocycles. The van der Waals surface area contributed by atoms with Crippen molar-refractivity contribution >= 4 is 60.7 Å². The molecule has 0 spiro atoms. The summed E-state index contributed by atoms with van der Waals surface area (Å²) in [5, 5.41) is 3.35. The molecule has 1 aliphatic heterocycles. The summed E-state index contributed by atoms with van der Waals surface area (Å²) in [5.74, 6) is -0.574. The highest BCUT2D eigenvalue weighted by atomic mass is 35.5. The highest BCUT2D eigenvalue weighted by Gasteiger charge is 2.32. The average Bonchev–Trinajstić information content (AvgIpc) is 2.73. The predicted molar refractivity (Wildman–Crippen MR) is 129 cm³/mol. The molecular weight excluding hydrogens is 511 g/mol. The molecule has 1 fully saturated rings. The van der Waals surface area contributed by atoms with Crippen molar-refractivity contribution in [3.63, 3.8) is 0 Å². The van der Waals surface area contributed by atoms with Crippen LogP contribution in [0.5, 0.6) is 0 Å². The van der Waals surface area contributed by atoms with Gasteiger partial charge in [-0.05, 0) is 55.3 Å². The van der Waals surface area contributed by atoms with Crippen molar-refractivity contribution in [1.82, 2.24) is 8.61 Å². The van der Waals surface area contributed by atoms with Gasteiger partial charge in [-0.1, -0.05) is 23.2 Å². The lowest BCUT2D eigenvalue weighted by Crippen LogP contribution is -2.46. The van der Waals surface area contributed by atoms with E-state index in [0.29, 0.717) is 28.6 Å². The van der Waals surface area contributed by atoms with E-state index in [1.54, 1.807) is 0 Å². The molecule has 1 amide bonds. The molecule has 0 aliphatic carbocycles. The van der Waals surface area contributed by atoms with Gasteiger partial charge in [0.25, 0.3) is 20.2 Å². The van der Waals surface area contributed by atoms with E-state index >= 15 is 0 Å². The first-order valence-electron chi connectivity index (χ1n) is 9.96. The van der Waals surface area contributed by atoms with E-state index in [0.717, 1.165) is 4.31 Å². The predicted octanol–water partition coefficient (Wildman–Crippen LogP) is 3.25. The molecule has 2 aromatic rings. The Kier molecular flexibility index (Phi) is 7.92. The third-order valence-electron chi connectivity index (χ3n) is 5.16. The SMILES string of the molecule is CN(C)S(=O)(=O)N1CCC(C(=O)Nc2ccc(S(=O)(=O)Nc3cc(Cl)cc(Cl)c3)cc2)CC1. The van der Waals surface area contributed by atoms with Gasteiger partial charge in [0.05, 0.1) is 10.6 Å². The highest BCUT2D eigenvalue weighted by molar-refractivity contribution is 7.92. The van der Waals surface area contributed by atoms with E-state index in [-0.39, 0.29) is 35.5 Å². The standard InChI is InChI=1S/C20H24Cl2N4O5S2/c1-25(2)33(30,31)26-9-7-14(8-10-26)20(27)23-17-3-5-19(6-4-17)32(28,29)24-18-12-15(21)11-16(22)13-18/h3-6,11-14,24H,7-10H2,1-2H3,(H,23,27). The molecule has 0 radical (unpaired) electrons. The molecule has 1 saturated heterocycles. The lowest BCUT2D eigenvalue weighted by molar-refractivity contribution is -0.120. The number of rotatable bonds is 7. The molecule has 1 aliphatic rings. The van der Waals surface area contributed by atoms with E-state index in [9.17, 15) is 21.6 Å². The zero-order valence-corrected chi connectivity index (χ0v) is 21.1. The Bertz CT molecular complexity index is 1210. The van der Waals surface area contributed by atoms with E-state index < -0.39 is 20.2 Å². The monoisotopic (exact) mass is 534 g/mol. The van der Waals surface area contributed by atoms with Crippen molar-refractivity contribution < 1.29 is 21.6 Å². The number of carbonyl (C=O) groups excluding carboxylic acids is 1. The first kappa shape index (κ1) is 25.7. The quantitative estimate of drug-likeness (QED) is 0.565. The number of nitrogens with one attached hydrogen (secondary N) is 2. The van der Waals surface area contributed by atoms with E-state index in [2.05, 4.69) is 10.0 Å². The van der Waals surface area contributed by atoms with Crippen LogP contribution in [0.1, 0.15) is 12.8 Å². The number of carbonyl (C=O) groups is 1. The Morgan fingerprint density at radius 3 is 2.00 bits per heavy atom. The number of sulfonamides is 1. The number of nitrogens with zero attached hydrogens (tertiary/aromatic N) is 2. The Morgan fingerprint density at radius 1 is 0.939 bits per heavy atom.